The van der Waals surface area contributed by atoms with Crippen molar-refractivity contribution in [1.29, 1.82) is 0 Å². The molecule has 0 fully saturated rings. The molecule has 1 unspecified atom stereocenters. The average Bonchev–Trinajstić information content (AvgIpc) is 2.15. The number of nitrogens with zero attached hydrogens (tertiary/aromatic N) is 1. The summed E-state index contributed by atoms with van der Waals surface area (Å²) in [7, 11) is 0. The van der Waals surface area contributed by atoms with Crippen LogP contribution in [0.4, 0.5) is 4.39 Å². The Hall–Kier alpha value is -0.510. The standard InChI is InChI=1S/C9H14FNOS/c1-7(13-2)9(12)11-5-3-4-8(10)6-11/h4,7H,3,5-6H2,1-2H3. The smallest absolute Gasteiger partial charge is 0.235 e. The molecule has 0 aromatic carbocycles. The molecule has 0 aromatic heterocycles. The van der Waals surface area contributed by atoms with Crippen molar-refractivity contribution in [2.24, 2.45) is 0 Å². The van der Waals surface area contributed by atoms with Crippen LogP contribution < -0.4 is 0 Å². The van der Waals surface area contributed by atoms with Gasteiger partial charge in [-0.15, -0.1) is 0 Å². The number of amides is 1. The SMILES string of the molecule is CSC(C)C(=O)N1CCC=C(F)C1. The Balaban J connectivity index is 2.53. The highest BCUT2D eigenvalue weighted by Crippen LogP contribution is 2.15. The van der Waals surface area contributed by atoms with E-state index in [9.17, 15) is 9.18 Å². The molecule has 0 bridgehead atoms. The van der Waals surface area contributed by atoms with Gasteiger partial charge in [0.15, 0.2) is 0 Å². The Kier molecular flexibility index (Phi) is 3.78. The maximum absolute atomic E-state index is 12.8. The predicted octanol–water partition coefficient (Wildman–Crippen LogP) is 1.82. The van der Waals surface area contributed by atoms with Crippen molar-refractivity contribution in [1.82, 2.24) is 4.90 Å². The third kappa shape index (κ3) is 2.72. The lowest BCUT2D eigenvalue weighted by atomic mass is 10.2. The summed E-state index contributed by atoms with van der Waals surface area (Å²) < 4.78 is 12.8. The first-order valence-electron chi connectivity index (χ1n) is 4.31. The van der Waals surface area contributed by atoms with Crippen LogP contribution in [0.2, 0.25) is 0 Å². The first-order valence-corrected chi connectivity index (χ1v) is 5.60. The first-order chi connectivity index (χ1) is 6.15. The van der Waals surface area contributed by atoms with E-state index < -0.39 is 0 Å². The molecule has 1 heterocycles. The Morgan fingerprint density at radius 2 is 2.46 bits per heavy atom. The Labute approximate surface area is 82.2 Å². The highest BCUT2D eigenvalue weighted by atomic mass is 32.2. The van der Waals surface area contributed by atoms with E-state index in [1.807, 2.05) is 13.2 Å². The van der Waals surface area contributed by atoms with Gasteiger partial charge in [0, 0.05) is 6.54 Å². The van der Waals surface area contributed by atoms with E-state index in [0.29, 0.717) is 13.0 Å². The molecule has 2 nitrogen and oxygen atoms in total. The zero-order valence-electron chi connectivity index (χ0n) is 7.92. The molecular weight excluding hydrogens is 189 g/mol. The summed E-state index contributed by atoms with van der Waals surface area (Å²) in [5.41, 5.74) is 0. The largest absolute Gasteiger partial charge is 0.335 e. The molecule has 0 radical (unpaired) electrons. The van der Waals surface area contributed by atoms with E-state index in [2.05, 4.69) is 0 Å². The fourth-order valence-corrected chi connectivity index (χ4v) is 1.60. The Morgan fingerprint density at radius 3 is 3.00 bits per heavy atom. The van der Waals surface area contributed by atoms with Crippen LogP contribution in [0.25, 0.3) is 0 Å². The quantitative estimate of drug-likeness (QED) is 0.682. The number of hydrogen-bond donors (Lipinski definition) is 0. The van der Waals surface area contributed by atoms with Crippen LogP contribution in [0.1, 0.15) is 13.3 Å². The number of thioether (sulfide) groups is 1. The molecule has 0 N–H and O–H groups in total. The van der Waals surface area contributed by atoms with Crippen molar-refractivity contribution in [2.75, 3.05) is 19.3 Å². The lowest BCUT2D eigenvalue weighted by molar-refractivity contribution is -0.130. The van der Waals surface area contributed by atoms with Crippen LogP contribution in [0.3, 0.4) is 0 Å². The minimum atomic E-state index is -0.187. The summed E-state index contributed by atoms with van der Waals surface area (Å²) in [5.74, 6) is -0.149. The van der Waals surface area contributed by atoms with Gasteiger partial charge in [-0.1, -0.05) is 0 Å². The summed E-state index contributed by atoms with van der Waals surface area (Å²) in [6.07, 6.45) is 4.07. The highest BCUT2D eigenvalue weighted by Gasteiger charge is 2.22. The normalized spacial score (nSPS) is 19.6. The van der Waals surface area contributed by atoms with Gasteiger partial charge in [0.25, 0.3) is 0 Å². The number of carbonyl (C=O) groups excluding carboxylic acids is 1. The first kappa shape index (κ1) is 10.6. The van der Waals surface area contributed by atoms with Gasteiger partial charge in [0.2, 0.25) is 5.91 Å². The molecule has 1 aliphatic heterocycles. The van der Waals surface area contributed by atoms with Gasteiger partial charge in [-0.05, 0) is 25.7 Å². The van der Waals surface area contributed by atoms with Gasteiger partial charge in [-0.3, -0.25) is 4.79 Å². The molecular formula is C9H14FNOS. The topological polar surface area (TPSA) is 20.3 Å². The van der Waals surface area contributed by atoms with Crippen molar-refractivity contribution in [3.05, 3.63) is 11.9 Å². The van der Waals surface area contributed by atoms with Crippen molar-refractivity contribution in [3.8, 4) is 0 Å². The van der Waals surface area contributed by atoms with E-state index in [4.69, 9.17) is 0 Å². The van der Waals surface area contributed by atoms with Crippen LogP contribution in [0.15, 0.2) is 11.9 Å². The van der Waals surface area contributed by atoms with Gasteiger partial charge >= 0.3 is 0 Å². The van der Waals surface area contributed by atoms with Crippen LogP contribution in [-0.4, -0.2) is 35.4 Å². The zero-order chi connectivity index (χ0) is 9.84. The second kappa shape index (κ2) is 4.65. The van der Waals surface area contributed by atoms with Gasteiger partial charge in [-0.25, -0.2) is 4.39 Å². The number of halogens is 1. The molecule has 0 aromatic rings. The second-order valence-electron chi connectivity index (χ2n) is 3.08. The molecule has 1 rings (SSSR count). The van der Waals surface area contributed by atoms with E-state index in [-0.39, 0.29) is 23.5 Å². The molecule has 0 aliphatic carbocycles. The van der Waals surface area contributed by atoms with Crippen molar-refractivity contribution in [3.63, 3.8) is 0 Å². The van der Waals surface area contributed by atoms with Gasteiger partial charge < -0.3 is 4.90 Å². The number of rotatable bonds is 2. The summed E-state index contributed by atoms with van der Waals surface area (Å²) in [6, 6.07) is 0. The molecule has 4 heteroatoms. The van der Waals surface area contributed by atoms with Crippen molar-refractivity contribution in [2.45, 2.75) is 18.6 Å². The predicted molar refractivity (Wildman–Crippen MR) is 53.4 cm³/mol. The third-order valence-electron chi connectivity index (χ3n) is 2.12. The number of hydrogen-bond acceptors (Lipinski definition) is 2. The lowest BCUT2D eigenvalue weighted by Gasteiger charge is -2.26. The number of carbonyl (C=O) groups is 1. The van der Waals surface area contributed by atoms with Crippen LogP contribution in [0, 0.1) is 0 Å². The summed E-state index contributed by atoms with van der Waals surface area (Å²) in [6.45, 7) is 2.66. The van der Waals surface area contributed by atoms with E-state index in [1.54, 1.807) is 11.0 Å². The summed E-state index contributed by atoms with van der Waals surface area (Å²) >= 11 is 1.49. The fourth-order valence-electron chi connectivity index (χ4n) is 1.25. The minimum Gasteiger partial charge on any atom is -0.335 e. The molecule has 1 aliphatic rings. The third-order valence-corrected chi connectivity index (χ3v) is 3.03. The van der Waals surface area contributed by atoms with Gasteiger partial charge in [0.1, 0.15) is 5.83 Å². The molecule has 1 atom stereocenters. The van der Waals surface area contributed by atoms with E-state index in [1.165, 1.54) is 11.8 Å². The highest BCUT2D eigenvalue weighted by molar-refractivity contribution is 7.99. The van der Waals surface area contributed by atoms with E-state index >= 15 is 0 Å². The molecule has 74 valence electrons. The zero-order valence-corrected chi connectivity index (χ0v) is 8.73. The molecule has 0 saturated heterocycles. The summed E-state index contributed by atoms with van der Waals surface area (Å²) in [4.78, 5) is 13.2. The van der Waals surface area contributed by atoms with Crippen molar-refractivity contribution < 1.29 is 9.18 Å². The van der Waals surface area contributed by atoms with Crippen LogP contribution in [-0.2, 0) is 4.79 Å². The van der Waals surface area contributed by atoms with Crippen LogP contribution in [0.5, 0.6) is 0 Å². The van der Waals surface area contributed by atoms with Crippen molar-refractivity contribution >= 4 is 17.7 Å². The van der Waals surface area contributed by atoms with Gasteiger partial charge in [-0.2, -0.15) is 11.8 Å². The molecule has 13 heavy (non-hydrogen) atoms. The second-order valence-corrected chi connectivity index (χ2v) is 4.26. The van der Waals surface area contributed by atoms with E-state index in [0.717, 1.165) is 0 Å². The van der Waals surface area contributed by atoms with Gasteiger partial charge in [0.05, 0.1) is 11.8 Å². The van der Waals surface area contributed by atoms with Crippen LogP contribution >= 0.6 is 11.8 Å². The lowest BCUT2D eigenvalue weighted by Crippen LogP contribution is -2.39. The monoisotopic (exact) mass is 203 g/mol. The molecule has 0 spiro atoms. The summed E-state index contributed by atoms with van der Waals surface area (Å²) in [5, 5.41) is -0.0640. The fraction of sp³-hybridized carbons (Fsp3) is 0.667. The maximum atomic E-state index is 12.8. The minimum absolute atomic E-state index is 0.0377. The Morgan fingerprint density at radius 1 is 1.77 bits per heavy atom. The molecule has 0 saturated carbocycles. The maximum Gasteiger partial charge on any atom is 0.235 e. The Bertz CT molecular complexity index is 230. The molecule has 1 amide bonds. The average molecular weight is 203 g/mol.